The molecule has 2 rings (SSSR count). The molecule has 0 spiro atoms. The lowest BCUT2D eigenvalue weighted by molar-refractivity contribution is 0.250. The van der Waals surface area contributed by atoms with E-state index in [9.17, 15) is 4.79 Å². The van der Waals surface area contributed by atoms with E-state index in [1.807, 2.05) is 38.1 Å². The maximum atomic E-state index is 11.7. The zero-order chi connectivity index (χ0) is 17.4. The molecule has 6 nitrogen and oxygen atoms in total. The first-order valence-corrected chi connectivity index (χ1v) is 8.35. The van der Waals surface area contributed by atoms with Crippen LogP contribution in [0.25, 0.3) is 0 Å². The van der Waals surface area contributed by atoms with Crippen LogP contribution in [0.2, 0.25) is 0 Å². The lowest BCUT2D eigenvalue weighted by atomic mass is 10.2. The molecule has 0 unspecified atom stereocenters. The molecular weight excluding hydrogens is 429 g/mol. The molecule has 0 saturated heterocycles. The van der Waals surface area contributed by atoms with Crippen molar-refractivity contribution in [2.45, 2.75) is 45.3 Å². The predicted molar refractivity (Wildman–Crippen MR) is 115 cm³/mol. The minimum Gasteiger partial charge on any atom is -0.353 e. The molecule has 138 valence electrons. The molecular formula is C18H28IN5O. The largest absolute Gasteiger partial charge is 0.353 e. The van der Waals surface area contributed by atoms with Crippen molar-refractivity contribution in [2.75, 3.05) is 12.4 Å². The summed E-state index contributed by atoms with van der Waals surface area (Å²) in [5.41, 5.74) is 1.90. The predicted octanol–water partition coefficient (Wildman–Crippen LogP) is 3.22. The second kappa shape index (κ2) is 11.0. The summed E-state index contributed by atoms with van der Waals surface area (Å²) in [5, 5.41) is 12.3. The van der Waals surface area contributed by atoms with Gasteiger partial charge in [0.25, 0.3) is 0 Å². The van der Waals surface area contributed by atoms with Crippen LogP contribution in [0.15, 0.2) is 41.4 Å². The third kappa shape index (κ3) is 7.76. The summed E-state index contributed by atoms with van der Waals surface area (Å²) in [7, 11) is 1.78. The molecule has 25 heavy (non-hydrogen) atoms. The molecule has 0 radical (unpaired) electrons. The number of urea groups is 1. The number of nitrogens with zero attached hydrogens (tertiary/aromatic N) is 1. The highest BCUT2D eigenvalue weighted by molar-refractivity contribution is 14.0. The van der Waals surface area contributed by atoms with Crippen LogP contribution in [0.3, 0.4) is 0 Å². The summed E-state index contributed by atoms with van der Waals surface area (Å²) in [5.74, 6) is 0.808. The molecule has 7 heteroatoms. The molecule has 0 bridgehead atoms. The molecule has 1 aliphatic rings. The normalized spacial score (nSPS) is 14.2. The second-order valence-electron chi connectivity index (χ2n) is 6.16. The Morgan fingerprint density at radius 3 is 2.40 bits per heavy atom. The maximum Gasteiger partial charge on any atom is 0.319 e. The Morgan fingerprint density at radius 2 is 1.84 bits per heavy atom. The van der Waals surface area contributed by atoms with Crippen molar-refractivity contribution < 1.29 is 4.79 Å². The van der Waals surface area contributed by atoms with E-state index in [0.29, 0.717) is 12.6 Å². The van der Waals surface area contributed by atoms with Gasteiger partial charge in [-0.15, -0.1) is 24.0 Å². The van der Waals surface area contributed by atoms with Gasteiger partial charge in [-0.05, 0) is 44.4 Å². The van der Waals surface area contributed by atoms with Crippen molar-refractivity contribution in [3.63, 3.8) is 0 Å². The summed E-state index contributed by atoms with van der Waals surface area (Å²) in [6, 6.07) is 8.13. The number of anilines is 1. The lowest BCUT2D eigenvalue weighted by Gasteiger charge is -2.17. The first-order chi connectivity index (χ1) is 11.6. The van der Waals surface area contributed by atoms with Crippen LogP contribution in [0.1, 0.15) is 32.3 Å². The standard InChI is InChI=1S/C18H27N5O.HI/c1-13(2)21-18(24)23-16-10-8-14(9-11-16)12-20-17(19-3)22-15-6-4-5-7-15;/h4-5,8-11,13,15H,6-7,12H2,1-3H3,(H2,19,20,22)(H2,21,23,24);1H. The smallest absolute Gasteiger partial charge is 0.319 e. The van der Waals surface area contributed by atoms with Gasteiger partial charge >= 0.3 is 6.03 Å². The highest BCUT2D eigenvalue weighted by Gasteiger charge is 2.11. The number of nitrogens with one attached hydrogen (secondary N) is 4. The number of benzene rings is 1. The Hall–Kier alpha value is -1.77. The third-order valence-corrected chi connectivity index (χ3v) is 3.66. The maximum absolute atomic E-state index is 11.7. The zero-order valence-electron chi connectivity index (χ0n) is 15.0. The van der Waals surface area contributed by atoms with E-state index in [1.54, 1.807) is 7.05 Å². The number of rotatable bonds is 5. The van der Waals surface area contributed by atoms with Crippen molar-refractivity contribution in [1.29, 1.82) is 0 Å². The van der Waals surface area contributed by atoms with Gasteiger partial charge in [-0.3, -0.25) is 4.99 Å². The van der Waals surface area contributed by atoms with E-state index in [4.69, 9.17) is 0 Å². The number of amides is 2. The molecule has 0 aromatic heterocycles. The molecule has 0 saturated carbocycles. The van der Waals surface area contributed by atoms with Crippen LogP contribution in [0.4, 0.5) is 10.5 Å². The van der Waals surface area contributed by atoms with Crippen molar-refractivity contribution in [1.82, 2.24) is 16.0 Å². The molecule has 0 fully saturated rings. The van der Waals surface area contributed by atoms with E-state index in [0.717, 1.165) is 30.1 Å². The fraction of sp³-hybridized carbons (Fsp3) is 0.444. The van der Waals surface area contributed by atoms with E-state index >= 15 is 0 Å². The number of guanidine groups is 1. The SMILES string of the molecule is CN=C(NCc1ccc(NC(=O)NC(C)C)cc1)NC1CC=CC1.I. The first kappa shape index (κ1) is 21.3. The van der Waals surface area contributed by atoms with Crippen LogP contribution in [-0.4, -0.2) is 31.1 Å². The van der Waals surface area contributed by atoms with Crippen molar-refractivity contribution in [2.24, 2.45) is 4.99 Å². The quantitative estimate of drug-likeness (QED) is 0.237. The monoisotopic (exact) mass is 457 g/mol. The van der Waals surface area contributed by atoms with E-state index in [2.05, 4.69) is 38.4 Å². The molecule has 0 atom stereocenters. The summed E-state index contributed by atoms with van der Waals surface area (Å²) in [6.45, 7) is 4.53. The second-order valence-corrected chi connectivity index (χ2v) is 6.16. The van der Waals surface area contributed by atoms with Gasteiger partial charge in [-0.25, -0.2) is 4.79 Å². The van der Waals surface area contributed by atoms with Gasteiger partial charge in [0, 0.05) is 31.4 Å². The van der Waals surface area contributed by atoms with Gasteiger partial charge in [0.05, 0.1) is 0 Å². The molecule has 2 amide bonds. The molecule has 0 heterocycles. The highest BCUT2D eigenvalue weighted by Crippen LogP contribution is 2.10. The lowest BCUT2D eigenvalue weighted by Crippen LogP contribution is -2.42. The number of carbonyl (C=O) groups excluding carboxylic acids is 1. The Balaban J connectivity index is 0.00000312. The first-order valence-electron chi connectivity index (χ1n) is 8.35. The third-order valence-electron chi connectivity index (χ3n) is 3.66. The summed E-state index contributed by atoms with van der Waals surface area (Å²) >= 11 is 0. The van der Waals surface area contributed by atoms with E-state index < -0.39 is 0 Å². The summed E-state index contributed by atoms with van der Waals surface area (Å²) < 4.78 is 0. The van der Waals surface area contributed by atoms with Crippen molar-refractivity contribution in [3.8, 4) is 0 Å². The average Bonchev–Trinajstić information content (AvgIpc) is 3.05. The van der Waals surface area contributed by atoms with Gasteiger partial charge in [0.2, 0.25) is 0 Å². The molecule has 4 N–H and O–H groups in total. The number of halogens is 1. The van der Waals surface area contributed by atoms with Crippen LogP contribution in [0, 0.1) is 0 Å². The average molecular weight is 457 g/mol. The van der Waals surface area contributed by atoms with Crippen LogP contribution < -0.4 is 21.3 Å². The number of hydrogen-bond donors (Lipinski definition) is 4. The molecule has 0 aliphatic heterocycles. The van der Waals surface area contributed by atoms with Gasteiger partial charge in [0.15, 0.2) is 5.96 Å². The van der Waals surface area contributed by atoms with Gasteiger partial charge in [0.1, 0.15) is 0 Å². The van der Waals surface area contributed by atoms with Crippen LogP contribution in [0.5, 0.6) is 0 Å². The Labute approximate surface area is 167 Å². The fourth-order valence-electron chi connectivity index (χ4n) is 2.44. The molecule has 1 aliphatic carbocycles. The Bertz CT molecular complexity index is 590. The van der Waals surface area contributed by atoms with E-state index in [-0.39, 0.29) is 36.0 Å². The number of carbonyl (C=O) groups is 1. The minimum atomic E-state index is -0.189. The van der Waals surface area contributed by atoms with Crippen molar-refractivity contribution in [3.05, 3.63) is 42.0 Å². The number of hydrogen-bond acceptors (Lipinski definition) is 2. The van der Waals surface area contributed by atoms with Gasteiger partial charge in [-0.1, -0.05) is 24.3 Å². The number of aliphatic imine (C=N–C) groups is 1. The van der Waals surface area contributed by atoms with E-state index in [1.165, 1.54) is 0 Å². The zero-order valence-corrected chi connectivity index (χ0v) is 17.3. The van der Waals surface area contributed by atoms with Gasteiger partial charge in [-0.2, -0.15) is 0 Å². The van der Waals surface area contributed by atoms with Crippen LogP contribution >= 0.6 is 24.0 Å². The fourth-order valence-corrected chi connectivity index (χ4v) is 2.44. The molecule has 1 aromatic rings. The summed E-state index contributed by atoms with van der Waals surface area (Å²) in [6.07, 6.45) is 6.46. The van der Waals surface area contributed by atoms with Gasteiger partial charge < -0.3 is 21.3 Å². The highest BCUT2D eigenvalue weighted by atomic mass is 127. The van der Waals surface area contributed by atoms with Crippen LogP contribution in [-0.2, 0) is 6.54 Å². The topological polar surface area (TPSA) is 77.5 Å². The molecule has 1 aromatic carbocycles. The minimum absolute atomic E-state index is 0. The Morgan fingerprint density at radius 1 is 1.20 bits per heavy atom. The van der Waals surface area contributed by atoms with Crippen molar-refractivity contribution >= 4 is 41.7 Å². The Kier molecular flexibility index (Phi) is 9.33. The summed E-state index contributed by atoms with van der Waals surface area (Å²) in [4.78, 5) is 15.9.